The monoisotopic (exact) mass is 490 g/mol. The van der Waals surface area contributed by atoms with Crippen molar-refractivity contribution in [3.8, 4) is 0 Å². The molecule has 10 nitrogen and oxygen atoms in total. The highest BCUT2D eigenvalue weighted by atomic mass is 32.2. The number of carboxylic acids is 1. The maximum atomic E-state index is 12.7. The molecule has 3 heterocycles. The third-order valence-electron chi connectivity index (χ3n) is 5.77. The minimum Gasteiger partial charge on any atom is -0.478 e. The molecule has 0 aliphatic carbocycles. The minimum absolute atomic E-state index is 0.0552. The number of pyridine rings is 1. The number of hydrogen-bond donors (Lipinski definition) is 2. The lowest BCUT2D eigenvalue weighted by atomic mass is 10.1. The van der Waals surface area contributed by atoms with Crippen molar-refractivity contribution in [2.45, 2.75) is 4.90 Å². The Bertz CT molecular complexity index is 1470. The lowest BCUT2D eigenvalue weighted by Crippen LogP contribution is -2.47. The summed E-state index contributed by atoms with van der Waals surface area (Å²) in [6.07, 6.45) is 3.40. The molecule has 2 aromatic carbocycles. The molecule has 0 unspecified atom stereocenters. The number of hydrogen-bond acceptors (Lipinski definition) is 8. The summed E-state index contributed by atoms with van der Waals surface area (Å²) in [5.74, 6) is 0.106. The molecule has 0 radical (unpaired) electrons. The van der Waals surface area contributed by atoms with Crippen LogP contribution >= 0.6 is 0 Å². The number of rotatable bonds is 6. The third kappa shape index (κ3) is 4.71. The predicted molar refractivity (Wildman–Crippen MR) is 132 cm³/mol. The summed E-state index contributed by atoms with van der Waals surface area (Å²) in [7, 11) is -3.81. The lowest BCUT2D eigenvalue weighted by Gasteiger charge is -2.35. The summed E-state index contributed by atoms with van der Waals surface area (Å²) < 4.78 is 27.9. The second kappa shape index (κ2) is 9.18. The van der Waals surface area contributed by atoms with Crippen molar-refractivity contribution in [2.75, 3.05) is 40.7 Å². The molecule has 11 heteroatoms. The number of sulfonamides is 1. The lowest BCUT2D eigenvalue weighted by molar-refractivity contribution is 0.0699. The molecular weight excluding hydrogens is 468 g/mol. The Hall–Kier alpha value is -4.25. The Labute approximate surface area is 201 Å². The van der Waals surface area contributed by atoms with E-state index >= 15 is 0 Å². The number of aromatic carboxylic acids is 1. The fourth-order valence-electron chi connectivity index (χ4n) is 4.02. The van der Waals surface area contributed by atoms with Crippen molar-refractivity contribution in [1.29, 1.82) is 0 Å². The van der Waals surface area contributed by atoms with Crippen molar-refractivity contribution < 1.29 is 18.3 Å². The first-order valence-corrected chi connectivity index (χ1v) is 12.4. The van der Waals surface area contributed by atoms with Crippen LogP contribution < -0.4 is 14.5 Å². The molecule has 178 valence electrons. The van der Waals surface area contributed by atoms with E-state index in [0.29, 0.717) is 48.8 Å². The van der Waals surface area contributed by atoms with E-state index < -0.39 is 16.0 Å². The smallest absolute Gasteiger partial charge is 0.336 e. The van der Waals surface area contributed by atoms with E-state index in [9.17, 15) is 18.3 Å². The van der Waals surface area contributed by atoms with Gasteiger partial charge in [0.05, 0.1) is 16.0 Å². The van der Waals surface area contributed by atoms with Crippen LogP contribution in [0.4, 0.5) is 17.5 Å². The zero-order chi connectivity index (χ0) is 24.4. The van der Waals surface area contributed by atoms with Crippen LogP contribution in [0, 0.1) is 0 Å². The van der Waals surface area contributed by atoms with Crippen LogP contribution in [0.25, 0.3) is 10.9 Å². The van der Waals surface area contributed by atoms with E-state index in [1.807, 2.05) is 4.90 Å². The largest absolute Gasteiger partial charge is 0.478 e. The van der Waals surface area contributed by atoms with Crippen LogP contribution in [-0.4, -0.2) is 60.6 Å². The molecule has 2 N–H and O–H groups in total. The summed E-state index contributed by atoms with van der Waals surface area (Å²) in [5, 5.41) is 10.2. The highest BCUT2D eigenvalue weighted by Gasteiger charge is 2.22. The zero-order valence-corrected chi connectivity index (χ0v) is 19.4. The molecule has 0 amide bonds. The maximum Gasteiger partial charge on any atom is 0.336 e. The highest BCUT2D eigenvalue weighted by Crippen LogP contribution is 2.28. The quantitative estimate of drug-likeness (QED) is 0.419. The molecule has 0 bridgehead atoms. The summed E-state index contributed by atoms with van der Waals surface area (Å²) in [4.78, 5) is 29.6. The van der Waals surface area contributed by atoms with Crippen LogP contribution in [0.5, 0.6) is 0 Å². The topological polar surface area (TPSA) is 129 Å². The summed E-state index contributed by atoms with van der Waals surface area (Å²) >= 11 is 0. The summed E-state index contributed by atoms with van der Waals surface area (Å²) in [6, 6.07) is 16.0. The molecule has 1 fully saturated rings. The van der Waals surface area contributed by atoms with E-state index in [4.69, 9.17) is 0 Å². The van der Waals surface area contributed by atoms with Gasteiger partial charge in [-0.2, -0.15) is 0 Å². The maximum absolute atomic E-state index is 12.7. The molecule has 35 heavy (non-hydrogen) atoms. The van der Waals surface area contributed by atoms with Crippen LogP contribution in [0.3, 0.4) is 0 Å². The van der Waals surface area contributed by atoms with Gasteiger partial charge in [0.25, 0.3) is 10.0 Å². The van der Waals surface area contributed by atoms with Crippen LogP contribution in [0.2, 0.25) is 0 Å². The molecule has 1 saturated heterocycles. The first-order chi connectivity index (χ1) is 16.9. The van der Waals surface area contributed by atoms with Gasteiger partial charge < -0.3 is 14.9 Å². The third-order valence-corrected chi connectivity index (χ3v) is 7.17. The van der Waals surface area contributed by atoms with Gasteiger partial charge in [-0.15, -0.1) is 0 Å². The second-order valence-electron chi connectivity index (χ2n) is 8.01. The number of nitrogens with one attached hydrogen (secondary N) is 1. The van der Waals surface area contributed by atoms with Gasteiger partial charge in [0.15, 0.2) is 0 Å². The van der Waals surface area contributed by atoms with Crippen LogP contribution in [0.1, 0.15) is 10.4 Å². The average molecular weight is 491 g/mol. The molecule has 1 aliphatic rings. The van der Waals surface area contributed by atoms with Gasteiger partial charge in [-0.25, -0.2) is 28.2 Å². The zero-order valence-electron chi connectivity index (χ0n) is 18.6. The number of anilines is 3. The average Bonchev–Trinajstić information content (AvgIpc) is 2.89. The van der Waals surface area contributed by atoms with Crippen molar-refractivity contribution in [2.24, 2.45) is 0 Å². The van der Waals surface area contributed by atoms with Crippen molar-refractivity contribution in [3.05, 3.63) is 78.6 Å². The molecule has 2 aromatic heterocycles. The van der Waals surface area contributed by atoms with Crippen molar-refractivity contribution >= 4 is 44.3 Å². The van der Waals surface area contributed by atoms with Crippen LogP contribution in [0.15, 0.2) is 78.0 Å². The van der Waals surface area contributed by atoms with E-state index in [-0.39, 0.29) is 16.1 Å². The van der Waals surface area contributed by atoms with E-state index in [1.54, 1.807) is 48.8 Å². The molecule has 1 aliphatic heterocycles. The normalized spacial score (nSPS) is 14.2. The predicted octanol–water partition coefficient (Wildman–Crippen LogP) is 2.85. The fourth-order valence-corrected chi connectivity index (χ4v) is 5.09. The summed E-state index contributed by atoms with van der Waals surface area (Å²) in [5.41, 5.74) is 0.783. The number of carbonyl (C=O) groups is 1. The molecule has 0 saturated carbocycles. The van der Waals surface area contributed by atoms with Crippen molar-refractivity contribution in [1.82, 2.24) is 15.0 Å². The molecular formula is C24H22N6O4S. The Balaban J connectivity index is 1.41. The first kappa shape index (κ1) is 22.5. The Kier molecular flexibility index (Phi) is 5.91. The van der Waals surface area contributed by atoms with Crippen molar-refractivity contribution in [3.63, 3.8) is 0 Å². The van der Waals surface area contributed by atoms with Gasteiger partial charge in [-0.1, -0.05) is 18.2 Å². The molecule has 0 atom stereocenters. The van der Waals surface area contributed by atoms with Gasteiger partial charge in [0.2, 0.25) is 5.95 Å². The van der Waals surface area contributed by atoms with Gasteiger partial charge in [0, 0.05) is 49.6 Å². The SMILES string of the molecule is O=C(O)c1cc(N2CCN(c3ncccn3)CC2)nc2ccc(NS(=O)(=O)c3ccccc3)cc12. The Morgan fingerprint density at radius 1 is 0.886 bits per heavy atom. The summed E-state index contributed by atoms with van der Waals surface area (Å²) in [6.45, 7) is 2.61. The number of fused-ring (bicyclic) bond motifs is 1. The van der Waals surface area contributed by atoms with E-state index in [2.05, 4.69) is 24.6 Å². The number of benzene rings is 2. The van der Waals surface area contributed by atoms with Gasteiger partial charge >= 0.3 is 5.97 Å². The van der Waals surface area contributed by atoms with E-state index in [1.165, 1.54) is 24.3 Å². The molecule has 0 spiro atoms. The Morgan fingerprint density at radius 3 is 2.26 bits per heavy atom. The Morgan fingerprint density at radius 2 is 1.57 bits per heavy atom. The number of aromatic nitrogens is 3. The van der Waals surface area contributed by atoms with Crippen LogP contribution in [-0.2, 0) is 10.0 Å². The standard InChI is InChI=1S/C24H22N6O4S/c31-23(32)20-16-22(29-11-13-30(14-12-29)24-25-9-4-10-26-24)27-21-8-7-17(15-19(20)21)28-35(33,34)18-5-2-1-3-6-18/h1-10,15-16,28H,11-14H2,(H,31,32). The minimum atomic E-state index is -3.81. The van der Waals surface area contributed by atoms with Gasteiger partial charge in [-0.3, -0.25) is 4.72 Å². The van der Waals surface area contributed by atoms with Gasteiger partial charge in [-0.05, 0) is 42.5 Å². The number of nitrogens with zero attached hydrogens (tertiary/aromatic N) is 5. The second-order valence-corrected chi connectivity index (χ2v) is 9.69. The molecule has 5 rings (SSSR count). The van der Waals surface area contributed by atoms with E-state index in [0.717, 1.165) is 0 Å². The van der Waals surface area contributed by atoms with Gasteiger partial charge in [0.1, 0.15) is 5.82 Å². The first-order valence-electron chi connectivity index (χ1n) is 10.9. The fraction of sp³-hybridized carbons (Fsp3) is 0.167. The molecule has 4 aromatic rings. The number of piperazine rings is 1. The highest BCUT2D eigenvalue weighted by molar-refractivity contribution is 7.92. The number of carboxylic acid groups (broad SMARTS) is 1.